The molecule has 0 spiro atoms. The van der Waals surface area contributed by atoms with Gasteiger partial charge in [0.15, 0.2) is 5.96 Å². The maximum Gasteiger partial charge on any atom is 0.193 e. The average Bonchev–Trinajstić information content (AvgIpc) is 3.39. The maximum absolute atomic E-state index is 5.45. The van der Waals surface area contributed by atoms with Gasteiger partial charge in [-0.25, -0.2) is 0 Å². The number of furan rings is 1. The summed E-state index contributed by atoms with van der Waals surface area (Å²) in [6.07, 6.45) is 10.7. The quantitative estimate of drug-likeness (QED) is 0.627. The van der Waals surface area contributed by atoms with Crippen molar-refractivity contribution in [1.82, 2.24) is 15.1 Å². The highest BCUT2D eigenvalue weighted by Gasteiger charge is 2.42. The van der Waals surface area contributed by atoms with E-state index in [1.165, 1.54) is 45.2 Å². The Morgan fingerprint density at radius 1 is 1.27 bits per heavy atom. The van der Waals surface area contributed by atoms with Crippen molar-refractivity contribution in [1.29, 1.82) is 0 Å². The summed E-state index contributed by atoms with van der Waals surface area (Å²) in [7, 11) is 0. The first-order valence-electron chi connectivity index (χ1n) is 10.7. The molecule has 1 N–H and O–H groups in total. The minimum atomic E-state index is 0.816. The Hall–Kier alpha value is -1.49. The third-order valence-electron chi connectivity index (χ3n) is 6.15. The van der Waals surface area contributed by atoms with Crippen LogP contribution in [-0.4, -0.2) is 60.6 Å². The molecule has 5 heteroatoms. The van der Waals surface area contributed by atoms with Crippen LogP contribution in [0.15, 0.2) is 27.8 Å². The third-order valence-corrected chi connectivity index (χ3v) is 6.15. The molecule has 1 saturated carbocycles. The number of fused-ring (bicyclic) bond motifs is 1. The number of aliphatic imine (C=N–C) groups is 1. The lowest BCUT2D eigenvalue weighted by Gasteiger charge is -2.48. The van der Waals surface area contributed by atoms with E-state index >= 15 is 0 Å². The van der Waals surface area contributed by atoms with Crippen molar-refractivity contribution in [2.75, 3.05) is 32.7 Å². The fourth-order valence-electron chi connectivity index (χ4n) is 4.73. The van der Waals surface area contributed by atoms with Crippen LogP contribution in [0.3, 0.4) is 0 Å². The first-order chi connectivity index (χ1) is 12.8. The fourth-order valence-corrected chi connectivity index (χ4v) is 4.73. The Bertz CT molecular complexity index is 581. The van der Waals surface area contributed by atoms with Crippen LogP contribution >= 0.6 is 0 Å². The fraction of sp³-hybridized carbons (Fsp3) is 0.762. The number of hydrogen-bond donors (Lipinski definition) is 1. The van der Waals surface area contributed by atoms with Crippen LogP contribution in [0.4, 0.5) is 0 Å². The zero-order valence-corrected chi connectivity index (χ0v) is 16.2. The molecule has 0 bridgehead atoms. The molecule has 0 radical (unpaired) electrons. The molecular weight excluding hydrogens is 324 g/mol. The number of nitrogens with one attached hydrogen (secondary N) is 1. The van der Waals surface area contributed by atoms with Crippen LogP contribution in [0, 0.1) is 5.92 Å². The molecular formula is C21H34N4O. The summed E-state index contributed by atoms with van der Waals surface area (Å²) in [5.74, 6) is 2.97. The molecule has 144 valence electrons. The number of nitrogens with zero attached hydrogens (tertiary/aromatic N) is 3. The summed E-state index contributed by atoms with van der Waals surface area (Å²) < 4.78 is 5.45. The maximum atomic E-state index is 5.45. The second-order valence-corrected chi connectivity index (χ2v) is 8.13. The zero-order valence-electron chi connectivity index (χ0n) is 16.2. The van der Waals surface area contributed by atoms with E-state index in [4.69, 9.17) is 9.41 Å². The summed E-state index contributed by atoms with van der Waals surface area (Å²) in [6.45, 7) is 7.64. The van der Waals surface area contributed by atoms with E-state index in [0.717, 1.165) is 62.2 Å². The predicted molar refractivity (Wildman–Crippen MR) is 105 cm³/mol. The van der Waals surface area contributed by atoms with Gasteiger partial charge in [-0.15, -0.1) is 0 Å². The molecule has 5 nitrogen and oxygen atoms in total. The van der Waals surface area contributed by atoms with Gasteiger partial charge in [0.25, 0.3) is 0 Å². The van der Waals surface area contributed by atoms with Crippen LogP contribution in [0.25, 0.3) is 0 Å². The molecule has 1 aliphatic carbocycles. The lowest BCUT2D eigenvalue weighted by atomic mass is 9.83. The Morgan fingerprint density at radius 3 is 2.96 bits per heavy atom. The van der Waals surface area contributed by atoms with E-state index in [1.807, 2.05) is 12.1 Å². The van der Waals surface area contributed by atoms with Gasteiger partial charge in [-0.3, -0.25) is 9.89 Å². The van der Waals surface area contributed by atoms with E-state index in [9.17, 15) is 0 Å². The van der Waals surface area contributed by atoms with Crippen LogP contribution in [-0.2, 0) is 6.42 Å². The molecule has 0 aromatic carbocycles. The second kappa shape index (κ2) is 8.47. The van der Waals surface area contributed by atoms with Crippen LogP contribution in [0.1, 0.15) is 51.2 Å². The topological polar surface area (TPSA) is 44.0 Å². The summed E-state index contributed by atoms with van der Waals surface area (Å²) in [5.41, 5.74) is 0. The van der Waals surface area contributed by atoms with Crippen LogP contribution in [0.2, 0.25) is 0 Å². The first kappa shape index (κ1) is 17.9. The van der Waals surface area contributed by atoms with Crippen molar-refractivity contribution >= 4 is 5.96 Å². The molecule has 1 aromatic heterocycles. The molecule has 1 aromatic rings. The van der Waals surface area contributed by atoms with E-state index < -0.39 is 0 Å². The summed E-state index contributed by atoms with van der Waals surface area (Å²) >= 11 is 0. The van der Waals surface area contributed by atoms with Gasteiger partial charge in [-0.05, 0) is 63.1 Å². The first-order valence-corrected chi connectivity index (χ1v) is 10.7. The van der Waals surface area contributed by atoms with Crippen molar-refractivity contribution in [2.45, 2.75) is 64.0 Å². The largest absolute Gasteiger partial charge is 0.469 e. The van der Waals surface area contributed by atoms with Crippen molar-refractivity contribution in [3.05, 3.63) is 24.2 Å². The van der Waals surface area contributed by atoms with Crippen LogP contribution < -0.4 is 5.32 Å². The molecule has 2 atom stereocenters. The molecule has 3 heterocycles. The molecule has 2 aliphatic heterocycles. The van der Waals surface area contributed by atoms with Crippen molar-refractivity contribution in [3.63, 3.8) is 0 Å². The molecule has 26 heavy (non-hydrogen) atoms. The third kappa shape index (κ3) is 4.25. The van der Waals surface area contributed by atoms with Crippen molar-refractivity contribution in [2.24, 2.45) is 10.9 Å². The highest BCUT2D eigenvalue weighted by atomic mass is 16.3. The molecule has 2 saturated heterocycles. The van der Waals surface area contributed by atoms with Crippen molar-refractivity contribution in [3.8, 4) is 0 Å². The van der Waals surface area contributed by atoms with Crippen LogP contribution in [0.5, 0.6) is 0 Å². The number of rotatable bonds is 6. The lowest BCUT2D eigenvalue weighted by Crippen LogP contribution is -2.57. The number of piperidine rings is 2. The van der Waals surface area contributed by atoms with Gasteiger partial charge in [0.05, 0.1) is 6.26 Å². The van der Waals surface area contributed by atoms with Gasteiger partial charge in [-0.1, -0.05) is 6.92 Å². The summed E-state index contributed by atoms with van der Waals surface area (Å²) in [5, 5.41) is 3.61. The normalized spacial score (nSPS) is 27.4. The summed E-state index contributed by atoms with van der Waals surface area (Å²) in [6, 6.07) is 5.74. The molecule has 2 unspecified atom stereocenters. The Labute approximate surface area is 157 Å². The van der Waals surface area contributed by atoms with Crippen molar-refractivity contribution < 1.29 is 4.42 Å². The van der Waals surface area contributed by atoms with Gasteiger partial charge in [-0.2, -0.15) is 0 Å². The van der Waals surface area contributed by atoms with E-state index in [1.54, 1.807) is 6.26 Å². The van der Waals surface area contributed by atoms with E-state index in [0.29, 0.717) is 0 Å². The van der Waals surface area contributed by atoms with Gasteiger partial charge < -0.3 is 14.6 Å². The minimum absolute atomic E-state index is 0.816. The molecule has 0 amide bonds. The summed E-state index contributed by atoms with van der Waals surface area (Å²) in [4.78, 5) is 10.2. The Morgan fingerprint density at radius 2 is 2.19 bits per heavy atom. The zero-order chi connectivity index (χ0) is 17.8. The monoisotopic (exact) mass is 358 g/mol. The molecule has 4 rings (SSSR count). The highest BCUT2D eigenvalue weighted by Crippen LogP contribution is 2.38. The van der Waals surface area contributed by atoms with Gasteiger partial charge in [0, 0.05) is 44.7 Å². The lowest BCUT2D eigenvalue weighted by molar-refractivity contribution is 0.0369. The minimum Gasteiger partial charge on any atom is -0.469 e. The Kier molecular flexibility index (Phi) is 5.83. The highest BCUT2D eigenvalue weighted by molar-refractivity contribution is 5.80. The number of likely N-dealkylation sites (tertiary alicyclic amines) is 2. The van der Waals surface area contributed by atoms with Gasteiger partial charge in [0.2, 0.25) is 0 Å². The SMILES string of the molecule is CCCN=C(NCCc1ccco1)N1CCC2C(CCCN2C2CC2)C1. The molecule has 3 aliphatic rings. The smallest absolute Gasteiger partial charge is 0.193 e. The second-order valence-electron chi connectivity index (χ2n) is 8.13. The molecule has 3 fully saturated rings. The predicted octanol–water partition coefficient (Wildman–Crippen LogP) is 3.13. The number of guanidine groups is 1. The number of hydrogen-bond acceptors (Lipinski definition) is 3. The average molecular weight is 359 g/mol. The van der Waals surface area contributed by atoms with E-state index in [2.05, 4.69) is 22.0 Å². The van der Waals surface area contributed by atoms with E-state index in [-0.39, 0.29) is 0 Å². The van der Waals surface area contributed by atoms with Gasteiger partial charge in [0.1, 0.15) is 5.76 Å². The Balaban J connectivity index is 1.35. The van der Waals surface area contributed by atoms with Gasteiger partial charge >= 0.3 is 0 Å². The standard InChI is InChI=1S/C21H34N4O/c1-2-11-22-21(23-12-9-19-6-4-15-26-19)24-14-10-20-17(16-24)5-3-13-25(20)18-7-8-18/h4,6,15,17-18,20H,2-3,5,7-14,16H2,1H3,(H,22,23).